The van der Waals surface area contributed by atoms with Gasteiger partial charge in [-0.1, -0.05) is 6.92 Å². The number of sulfonamides is 1. The third-order valence-corrected chi connectivity index (χ3v) is 2.09. The summed E-state index contributed by atoms with van der Waals surface area (Å²) in [6, 6.07) is 0. The molecule has 0 spiro atoms. The summed E-state index contributed by atoms with van der Waals surface area (Å²) in [6.07, 6.45) is -2.56. The minimum absolute atomic E-state index is 0.0868. The maximum Gasteiger partial charge on any atom is 0.241 e. The summed E-state index contributed by atoms with van der Waals surface area (Å²) >= 11 is 0. The zero-order chi connectivity index (χ0) is 9.07. The first kappa shape index (κ1) is 10.8. The van der Waals surface area contributed by atoms with Gasteiger partial charge in [0.05, 0.1) is 5.75 Å². The lowest BCUT2D eigenvalue weighted by Crippen LogP contribution is -2.20. The molecule has 0 aromatic heterocycles. The van der Waals surface area contributed by atoms with Crippen molar-refractivity contribution in [3.8, 4) is 0 Å². The van der Waals surface area contributed by atoms with Crippen molar-refractivity contribution in [1.29, 1.82) is 0 Å². The maximum absolute atomic E-state index is 11.8. The van der Waals surface area contributed by atoms with Crippen LogP contribution in [0.25, 0.3) is 0 Å². The number of nitrogens with two attached hydrogens (primary N) is 1. The van der Waals surface area contributed by atoms with Gasteiger partial charge in [0.1, 0.15) is 0 Å². The van der Waals surface area contributed by atoms with Crippen LogP contribution in [0.2, 0.25) is 0 Å². The Kier molecular flexibility index (Phi) is 3.88. The smallest absolute Gasteiger partial charge is 0.229 e. The van der Waals surface area contributed by atoms with E-state index < -0.39 is 22.4 Å². The van der Waals surface area contributed by atoms with Gasteiger partial charge < -0.3 is 0 Å². The van der Waals surface area contributed by atoms with E-state index in [4.69, 9.17) is 0 Å². The molecule has 0 saturated carbocycles. The number of rotatable bonds is 4. The van der Waals surface area contributed by atoms with E-state index in [1.165, 1.54) is 6.92 Å². The van der Waals surface area contributed by atoms with Crippen molar-refractivity contribution in [3.63, 3.8) is 0 Å². The standard InChI is InChI=1S/C5H11F2NO2S/c1-4(5(6)7)2-3-11(8,9)10/h4-5H,2-3H2,1H3,(H2,8,9,10). The van der Waals surface area contributed by atoms with E-state index in [1.807, 2.05) is 0 Å². The fourth-order valence-corrected chi connectivity index (χ4v) is 1.18. The lowest BCUT2D eigenvalue weighted by Gasteiger charge is -2.07. The molecule has 0 radical (unpaired) electrons. The van der Waals surface area contributed by atoms with Crippen LogP contribution in [0.1, 0.15) is 13.3 Å². The van der Waals surface area contributed by atoms with Gasteiger partial charge in [0.25, 0.3) is 0 Å². The van der Waals surface area contributed by atoms with Crippen molar-refractivity contribution >= 4 is 10.0 Å². The SMILES string of the molecule is CC(CCS(N)(=O)=O)C(F)F. The first-order chi connectivity index (χ1) is 4.83. The topological polar surface area (TPSA) is 60.2 Å². The monoisotopic (exact) mass is 187 g/mol. The second-order valence-electron chi connectivity index (χ2n) is 2.47. The van der Waals surface area contributed by atoms with Gasteiger partial charge in [0.2, 0.25) is 16.4 Å². The summed E-state index contributed by atoms with van der Waals surface area (Å²) in [5, 5.41) is 4.61. The van der Waals surface area contributed by atoms with Gasteiger partial charge >= 0.3 is 0 Å². The third-order valence-electron chi connectivity index (χ3n) is 1.29. The van der Waals surface area contributed by atoms with Gasteiger partial charge in [-0.3, -0.25) is 0 Å². The zero-order valence-electron chi connectivity index (χ0n) is 6.13. The van der Waals surface area contributed by atoms with Gasteiger partial charge in [-0.2, -0.15) is 0 Å². The van der Waals surface area contributed by atoms with Gasteiger partial charge in [0.15, 0.2) is 0 Å². The van der Waals surface area contributed by atoms with Crippen molar-refractivity contribution in [1.82, 2.24) is 0 Å². The van der Waals surface area contributed by atoms with E-state index in [2.05, 4.69) is 5.14 Å². The molecule has 0 saturated heterocycles. The third kappa shape index (κ3) is 6.18. The number of hydrogen-bond acceptors (Lipinski definition) is 2. The molecule has 1 unspecified atom stereocenters. The second kappa shape index (κ2) is 3.96. The van der Waals surface area contributed by atoms with Crippen molar-refractivity contribution in [3.05, 3.63) is 0 Å². The second-order valence-corrected chi connectivity index (χ2v) is 4.20. The van der Waals surface area contributed by atoms with Crippen LogP contribution in [0.15, 0.2) is 0 Å². The van der Waals surface area contributed by atoms with Crippen LogP contribution >= 0.6 is 0 Å². The van der Waals surface area contributed by atoms with Crippen LogP contribution in [0.5, 0.6) is 0 Å². The van der Waals surface area contributed by atoms with E-state index in [1.54, 1.807) is 0 Å². The van der Waals surface area contributed by atoms with Crippen molar-refractivity contribution in [2.45, 2.75) is 19.8 Å². The molecule has 0 aliphatic heterocycles. The number of alkyl halides is 2. The van der Waals surface area contributed by atoms with Gasteiger partial charge in [0, 0.05) is 5.92 Å². The van der Waals surface area contributed by atoms with E-state index in [0.29, 0.717) is 0 Å². The molecule has 0 aliphatic rings. The highest BCUT2D eigenvalue weighted by Crippen LogP contribution is 2.12. The highest BCUT2D eigenvalue weighted by atomic mass is 32.2. The number of halogens is 2. The molecule has 11 heavy (non-hydrogen) atoms. The lowest BCUT2D eigenvalue weighted by atomic mass is 10.1. The Bertz CT molecular complexity index is 203. The molecule has 0 rings (SSSR count). The largest absolute Gasteiger partial charge is 0.241 e. The molecule has 0 heterocycles. The fourth-order valence-electron chi connectivity index (χ4n) is 0.476. The molecular weight excluding hydrogens is 176 g/mol. The molecule has 0 fully saturated rings. The first-order valence-corrected chi connectivity index (χ1v) is 4.83. The molecule has 3 nitrogen and oxygen atoms in total. The average molecular weight is 187 g/mol. The Labute approximate surface area is 64.6 Å². The molecule has 68 valence electrons. The molecule has 0 aromatic rings. The molecule has 0 amide bonds. The van der Waals surface area contributed by atoms with Gasteiger partial charge in [-0.15, -0.1) is 0 Å². The summed E-state index contributed by atoms with van der Waals surface area (Å²) in [5.41, 5.74) is 0. The summed E-state index contributed by atoms with van der Waals surface area (Å²) < 4.78 is 44.1. The summed E-state index contributed by atoms with van der Waals surface area (Å²) in [5.74, 6) is -1.29. The van der Waals surface area contributed by atoms with E-state index in [-0.39, 0.29) is 12.2 Å². The van der Waals surface area contributed by atoms with Crippen LogP contribution in [0, 0.1) is 5.92 Å². The molecule has 0 aromatic carbocycles. The van der Waals surface area contributed by atoms with Crippen LogP contribution in [-0.2, 0) is 10.0 Å². The van der Waals surface area contributed by atoms with Crippen molar-refractivity contribution in [2.75, 3.05) is 5.75 Å². The van der Waals surface area contributed by atoms with Crippen molar-refractivity contribution in [2.24, 2.45) is 11.1 Å². The molecule has 1 atom stereocenters. The van der Waals surface area contributed by atoms with E-state index in [9.17, 15) is 17.2 Å². The van der Waals surface area contributed by atoms with Crippen LogP contribution < -0.4 is 5.14 Å². The number of hydrogen-bond donors (Lipinski definition) is 1. The zero-order valence-corrected chi connectivity index (χ0v) is 6.94. The van der Waals surface area contributed by atoms with Crippen LogP contribution in [0.3, 0.4) is 0 Å². The molecule has 2 N–H and O–H groups in total. The van der Waals surface area contributed by atoms with Crippen molar-refractivity contribution < 1.29 is 17.2 Å². The van der Waals surface area contributed by atoms with Crippen LogP contribution in [0.4, 0.5) is 8.78 Å². The molecule has 6 heteroatoms. The molecule has 0 aliphatic carbocycles. The first-order valence-electron chi connectivity index (χ1n) is 3.11. The predicted molar refractivity (Wildman–Crippen MR) is 37.8 cm³/mol. The summed E-state index contributed by atoms with van der Waals surface area (Å²) in [6.45, 7) is 1.29. The van der Waals surface area contributed by atoms with E-state index in [0.717, 1.165) is 0 Å². The minimum atomic E-state index is -3.59. The highest BCUT2D eigenvalue weighted by Gasteiger charge is 2.16. The fraction of sp³-hybridized carbons (Fsp3) is 1.00. The molecule has 0 bridgehead atoms. The number of primary sulfonamides is 1. The van der Waals surface area contributed by atoms with Gasteiger partial charge in [-0.25, -0.2) is 22.3 Å². The predicted octanol–water partition coefficient (Wildman–Crippen LogP) is 0.566. The van der Waals surface area contributed by atoms with E-state index >= 15 is 0 Å². The minimum Gasteiger partial charge on any atom is -0.229 e. The molecular formula is C5H11F2NO2S. The van der Waals surface area contributed by atoms with Crippen LogP contribution in [-0.4, -0.2) is 20.6 Å². The Morgan fingerprint density at radius 3 is 2.18 bits per heavy atom. The average Bonchev–Trinajstić information content (AvgIpc) is 1.80. The lowest BCUT2D eigenvalue weighted by molar-refractivity contribution is 0.0849. The Balaban J connectivity index is 3.72. The quantitative estimate of drug-likeness (QED) is 0.699. The summed E-state index contributed by atoms with van der Waals surface area (Å²) in [7, 11) is -3.59. The Morgan fingerprint density at radius 2 is 1.91 bits per heavy atom. The van der Waals surface area contributed by atoms with Gasteiger partial charge in [-0.05, 0) is 6.42 Å². The highest BCUT2D eigenvalue weighted by molar-refractivity contribution is 7.89. The maximum atomic E-state index is 11.8. The normalized spacial score (nSPS) is 15.4. The summed E-state index contributed by atoms with van der Waals surface area (Å²) in [4.78, 5) is 0. The Hall–Kier alpha value is -0.230. The Morgan fingerprint density at radius 1 is 1.45 bits per heavy atom.